The fourth-order valence-electron chi connectivity index (χ4n) is 3.94. The van der Waals surface area contributed by atoms with Crippen molar-refractivity contribution in [1.82, 2.24) is 0 Å². The van der Waals surface area contributed by atoms with Gasteiger partial charge in [-0.05, 0) is 68.8 Å². The van der Waals surface area contributed by atoms with Crippen LogP contribution in [0.5, 0.6) is 0 Å². The zero-order valence-electron chi connectivity index (χ0n) is 12.9. The van der Waals surface area contributed by atoms with Gasteiger partial charge in [0.15, 0.2) is 0 Å². The van der Waals surface area contributed by atoms with E-state index in [9.17, 15) is 0 Å². The maximum Gasteiger partial charge on any atom is -0.00173 e. The van der Waals surface area contributed by atoms with Gasteiger partial charge in [-0.25, -0.2) is 0 Å². The van der Waals surface area contributed by atoms with Gasteiger partial charge in [0.25, 0.3) is 0 Å². The summed E-state index contributed by atoms with van der Waals surface area (Å²) in [5.41, 5.74) is 5.96. The number of allylic oxidation sites excluding steroid dienone is 6. The molecule has 0 bridgehead atoms. The summed E-state index contributed by atoms with van der Waals surface area (Å²) in [7, 11) is 1.28. The Bertz CT molecular complexity index is 1070. The Morgan fingerprint density at radius 2 is 1.96 bits per heavy atom. The fourth-order valence-corrected chi connectivity index (χ4v) is 4.79. The Labute approximate surface area is 137 Å². The molecule has 0 nitrogen and oxygen atoms in total. The summed E-state index contributed by atoms with van der Waals surface area (Å²) in [5, 5.41) is 5.50. The molecule has 1 aliphatic heterocycles. The van der Waals surface area contributed by atoms with E-state index in [0.29, 0.717) is 0 Å². The smallest absolute Gasteiger partial charge is 0.00173 e. The van der Waals surface area contributed by atoms with Gasteiger partial charge in [0.1, 0.15) is 0 Å². The van der Waals surface area contributed by atoms with Gasteiger partial charge in [-0.3, -0.25) is 0 Å². The molecule has 2 aromatic rings. The lowest BCUT2D eigenvalue weighted by Gasteiger charge is -2.23. The molecule has 0 fully saturated rings. The van der Waals surface area contributed by atoms with Crippen LogP contribution in [0.3, 0.4) is 0 Å². The first kappa shape index (κ1) is 13.3. The Morgan fingerprint density at radius 1 is 1.00 bits per heavy atom. The van der Waals surface area contributed by atoms with Gasteiger partial charge in [0, 0.05) is 0 Å². The van der Waals surface area contributed by atoms with E-state index in [1.54, 1.807) is 5.57 Å². The number of benzene rings is 2. The van der Waals surface area contributed by atoms with Crippen LogP contribution in [-0.4, -0.2) is 5.80 Å². The lowest BCUT2D eigenvalue weighted by molar-refractivity contribution is 0.907. The quantitative estimate of drug-likeness (QED) is 0.630. The number of hydrogen-bond acceptors (Lipinski definition) is 0. The molecule has 1 heterocycles. The summed E-state index contributed by atoms with van der Waals surface area (Å²) < 4.78 is 0. The van der Waals surface area contributed by atoms with E-state index in [0.717, 1.165) is 6.42 Å². The van der Waals surface area contributed by atoms with E-state index < -0.39 is 0 Å². The molecule has 3 aliphatic rings. The zero-order valence-corrected chi connectivity index (χ0v) is 13.8. The van der Waals surface area contributed by atoms with Crippen molar-refractivity contribution in [2.75, 3.05) is 0 Å². The van der Waals surface area contributed by atoms with Crippen LogP contribution in [0.25, 0.3) is 22.2 Å². The minimum Gasteiger partial charge on any atom is -0.0836 e. The second kappa shape index (κ2) is 5.18. The van der Waals surface area contributed by atoms with E-state index in [4.69, 9.17) is 0 Å². The normalized spacial score (nSPS) is 19.5. The molecule has 5 rings (SSSR count). The Morgan fingerprint density at radius 3 is 2.96 bits per heavy atom. The van der Waals surface area contributed by atoms with Crippen molar-refractivity contribution in [3.05, 3.63) is 81.8 Å². The average molecular weight is 312 g/mol. The van der Waals surface area contributed by atoms with Gasteiger partial charge in [-0.1, -0.05) is 68.4 Å². The monoisotopic (exact) mass is 312 g/mol. The van der Waals surface area contributed by atoms with Gasteiger partial charge in [0.05, 0.1) is 0 Å². The third-order valence-corrected chi connectivity index (χ3v) is 5.90. The maximum absolute atomic E-state index is 2.44. The van der Waals surface area contributed by atoms with Crippen LogP contribution in [0, 0.1) is 0 Å². The summed E-state index contributed by atoms with van der Waals surface area (Å²) in [6, 6.07) is 13.3. The zero-order chi connectivity index (χ0) is 15.2. The van der Waals surface area contributed by atoms with Crippen LogP contribution in [0.4, 0.5) is 0 Å². The summed E-state index contributed by atoms with van der Waals surface area (Å²) in [6.45, 7) is 0. The molecule has 2 aliphatic carbocycles. The molecule has 0 amide bonds. The molecule has 1 heteroatoms. The van der Waals surface area contributed by atoms with Crippen molar-refractivity contribution < 1.29 is 0 Å². The summed E-state index contributed by atoms with van der Waals surface area (Å²) in [6.07, 6.45) is 10.6. The summed E-state index contributed by atoms with van der Waals surface area (Å²) in [4.78, 5) is 0. The van der Waals surface area contributed by atoms with Crippen molar-refractivity contribution >= 4 is 36.2 Å². The molecule has 0 aromatic heterocycles. The van der Waals surface area contributed by atoms with Gasteiger partial charge in [0.2, 0.25) is 0 Å². The van der Waals surface area contributed by atoms with Gasteiger partial charge in [-0.15, -0.1) is 0 Å². The number of fused-ring (bicyclic) bond motifs is 5. The third-order valence-electron chi connectivity index (χ3n) is 5.04. The van der Waals surface area contributed by atoms with E-state index >= 15 is 0 Å². The SMILES string of the molecule is C1=CC2=C(CC=C3C=PC=c4ccc5ccccc5c4=C32)CC1. The topological polar surface area (TPSA) is 0 Å². The highest BCUT2D eigenvalue weighted by Crippen LogP contribution is 2.36. The van der Waals surface area contributed by atoms with E-state index in [1.807, 2.05) is 0 Å². The van der Waals surface area contributed by atoms with Crippen LogP contribution in [0.15, 0.2) is 71.3 Å². The molecule has 0 unspecified atom stereocenters. The molecule has 0 spiro atoms. The highest BCUT2D eigenvalue weighted by atomic mass is 31.1. The Balaban J connectivity index is 2.04. The minimum absolute atomic E-state index is 1.12. The largest absolute Gasteiger partial charge is 0.0836 e. The van der Waals surface area contributed by atoms with Gasteiger partial charge < -0.3 is 0 Å². The van der Waals surface area contributed by atoms with Crippen molar-refractivity contribution in [2.24, 2.45) is 0 Å². The van der Waals surface area contributed by atoms with Crippen molar-refractivity contribution in [2.45, 2.75) is 19.3 Å². The molecular weight excluding hydrogens is 295 g/mol. The highest BCUT2D eigenvalue weighted by molar-refractivity contribution is 7.48. The van der Waals surface area contributed by atoms with Crippen molar-refractivity contribution in [3.63, 3.8) is 0 Å². The average Bonchev–Trinajstić information content (AvgIpc) is 2.81. The van der Waals surface area contributed by atoms with Crippen LogP contribution >= 0.6 is 8.20 Å². The molecule has 0 N–H and O–H groups in total. The fraction of sp³-hybridized carbons (Fsp3) is 0.136. The maximum atomic E-state index is 2.44. The molecule has 0 radical (unpaired) electrons. The van der Waals surface area contributed by atoms with E-state index in [-0.39, 0.29) is 0 Å². The van der Waals surface area contributed by atoms with Crippen LogP contribution in [-0.2, 0) is 0 Å². The second-order valence-corrected chi connectivity index (χ2v) is 7.17. The lowest BCUT2D eigenvalue weighted by Crippen LogP contribution is -2.29. The van der Waals surface area contributed by atoms with Crippen LogP contribution in [0.1, 0.15) is 19.3 Å². The van der Waals surface area contributed by atoms with E-state index in [1.165, 1.54) is 59.0 Å². The van der Waals surface area contributed by atoms with Gasteiger partial charge in [-0.2, -0.15) is 0 Å². The van der Waals surface area contributed by atoms with Crippen LogP contribution in [0.2, 0.25) is 0 Å². The summed E-state index contributed by atoms with van der Waals surface area (Å²) >= 11 is 0. The molecule has 2 aromatic carbocycles. The number of rotatable bonds is 0. The number of hydrogen-bond donors (Lipinski definition) is 0. The van der Waals surface area contributed by atoms with E-state index in [2.05, 4.69) is 66.2 Å². The van der Waals surface area contributed by atoms with Crippen LogP contribution < -0.4 is 10.4 Å². The first-order chi connectivity index (χ1) is 11.4. The first-order valence-electron chi connectivity index (χ1n) is 8.27. The molecule has 0 atom stereocenters. The standard InChI is InChI=1S/C22H17P/c1-3-7-19-15(5-1)9-11-17-13-23-14-18-12-10-16-6-2-4-8-20(16)22(18)21(17)19/h1,3-5,7-9,11-14H,2,6,10H2. The minimum atomic E-state index is 1.12. The molecule has 0 saturated heterocycles. The summed E-state index contributed by atoms with van der Waals surface area (Å²) in [5.74, 6) is 4.72. The molecule has 23 heavy (non-hydrogen) atoms. The highest BCUT2D eigenvalue weighted by Gasteiger charge is 2.20. The Kier molecular flexibility index (Phi) is 2.99. The lowest BCUT2D eigenvalue weighted by atomic mass is 9.81. The third kappa shape index (κ3) is 2.02. The predicted molar refractivity (Wildman–Crippen MR) is 102 cm³/mol. The molecule has 110 valence electrons. The molecular formula is C22H17P. The molecule has 0 saturated carbocycles. The Hall–Kier alpha value is -2.17. The predicted octanol–water partition coefficient (Wildman–Crippen LogP) is 4.47. The first-order valence-corrected chi connectivity index (χ1v) is 9.30. The van der Waals surface area contributed by atoms with Crippen molar-refractivity contribution in [3.8, 4) is 0 Å². The van der Waals surface area contributed by atoms with Gasteiger partial charge >= 0.3 is 0 Å². The second-order valence-electron chi connectivity index (χ2n) is 6.36. The van der Waals surface area contributed by atoms with Crippen molar-refractivity contribution in [1.29, 1.82) is 0 Å².